The lowest BCUT2D eigenvalue weighted by molar-refractivity contribution is 0.0730. The Morgan fingerprint density at radius 3 is 2.61 bits per heavy atom. The molecule has 0 aliphatic carbocycles. The third-order valence-corrected chi connectivity index (χ3v) is 2.98. The number of carbonyl (C=O) groups is 1. The summed E-state index contributed by atoms with van der Waals surface area (Å²) in [4.78, 5) is 11.7. The minimum absolute atomic E-state index is 0.128. The van der Waals surface area contributed by atoms with E-state index in [1.807, 2.05) is 0 Å². The van der Waals surface area contributed by atoms with E-state index in [2.05, 4.69) is 15.9 Å². The summed E-state index contributed by atoms with van der Waals surface area (Å²) >= 11 is 9.13. The van der Waals surface area contributed by atoms with Crippen LogP contribution in [0, 0.1) is 5.82 Å². The van der Waals surface area contributed by atoms with Gasteiger partial charge in [-0.2, -0.15) is 0 Å². The van der Waals surface area contributed by atoms with Crippen molar-refractivity contribution in [3.63, 3.8) is 0 Å². The average Bonchev–Trinajstić information content (AvgIpc) is 2.33. The summed E-state index contributed by atoms with van der Waals surface area (Å²) in [7, 11) is 0. The SMILES string of the molecule is O=C(Oc1ccc(Br)cc1Cl)c1ccccc1F. The quantitative estimate of drug-likeness (QED) is 0.600. The van der Waals surface area contributed by atoms with Gasteiger partial charge >= 0.3 is 5.97 Å². The zero-order valence-corrected chi connectivity index (χ0v) is 11.3. The molecule has 92 valence electrons. The largest absolute Gasteiger partial charge is 0.421 e. The van der Waals surface area contributed by atoms with Crippen LogP contribution in [-0.2, 0) is 0 Å². The van der Waals surface area contributed by atoms with E-state index < -0.39 is 11.8 Å². The van der Waals surface area contributed by atoms with Gasteiger partial charge in [0.05, 0.1) is 10.6 Å². The second-order valence-corrected chi connectivity index (χ2v) is 4.77. The van der Waals surface area contributed by atoms with Crippen molar-refractivity contribution < 1.29 is 13.9 Å². The Labute approximate surface area is 116 Å². The van der Waals surface area contributed by atoms with Crippen molar-refractivity contribution in [3.05, 3.63) is 63.3 Å². The van der Waals surface area contributed by atoms with Gasteiger partial charge in [0.2, 0.25) is 0 Å². The molecule has 0 aliphatic rings. The summed E-state index contributed by atoms with van der Waals surface area (Å²) in [6.07, 6.45) is 0. The van der Waals surface area contributed by atoms with E-state index in [1.165, 1.54) is 24.3 Å². The second-order valence-electron chi connectivity index (χ2n) is 3.44. The Kier molecular flexibility index (Phi) is 3.99. The molecule has 0 fully saturated rings. The van der Waals surface area contributed by atoms with Gasteiger partial charge in [0.1, 0.15) is 11.6 Å². The van der Waals surface area contributed by atoms with E-state index in [0.29, 0.717) is 0 Å². The molecule has 0 radical (unpaired) electrons. The Balaban J connectivity index is 2.24. The van der Waals surface area contributed by atoms with Gasteiger partial charge in [0.25, 0.3) is 0 Å². The lowest BCUT2D eigenvalue weighted by Gasteiger charge is -2.06. The fourth-order valence-corrected chi connectivity index (χ4v) is 2.05. The number of rotatable bonds is 2. The number of carbonyl (C=O) groups excluding carboxylic acids is 1. The first-order chi connectivity index (χ1) is 8.58. The molecule has 0 saturated carbocycles. The Bertz CT molecular complexity index is 601. The molecule has 0 aromatic heterocycles. The molecule has 2 aromatic rings. The highest BCUT2D eigenvalue weighted by atomic mass is 79.9. The summed E-state index contributed by atoms with van der Waals surface area (Å²) in [6.45, 7) is 0. The van der Waals surface area contributed by atoms with Crippen molar-refractivity contribution >= 4 is 33.5 Å². The monoisotopic (exact) mass is 328 g/mol. The number of esters is 1. The minimum Gasteiger partial charge on any atom is -0.421 e. The van der Waals surface area contributed by atoms with Gasteiger partial charge in [-0.1, -0.05) is 39.7 Å². The fourth-order valence-electron chi connectivity index (χ4n) is 1.34. The molecule has 0 aliphatic heterocycles. The molecule has 0 amide bonds. The first-order valence-electron chi connectivity index (χ1n) is 4.99. The van der Waals surface area contributed by atoms with Crippen LogP contribution >= 0.6 is 27.5 Å². The van der Waals surface area contributed by atoms with Gasteiger partial charge in [-0.15, -0.1) is 0 Å². The molecular weight excluding hydrogens is 322 g/mol. The maximum absolute atomic E-state index is 13.4. The van der Waals surface area contributed by atoms with Crippen molar-refractivity contribution in [1.29, 1.82) is 0 Å². The van der Waals surface area contributed by atoms with Crippen LogP contribution in [0.15, 0.2) is 46.9 Å². The molecule has 0 heterocycles. The number of hydrogen-bond acceptors (Lipinski definition) is 2. The van der Waals surface area contributed by atoms with Gasteiger partial charge in [0, 0.05) is 4.47 Å². The van der Waals surface area contributed by atoms with Crippen molar-refractivity contribution in [2.45, 2.75) is 0 Å². The maximum Gasteiger partial charge on any atom is 0.346 e. The van der Waals surface area contributed by atoms with Gasteiger partial charge in [-0.3, -0.25) is 0 Å². The van der Waals surface area contributed by atoms with Crippen molar-refractivity contribution in [2.24, 2.45) is 0 Å². The highest BCUT2D eigenvalue weighted by Gasteiger charge is 2.14. The molecular formula is C13H7BrClFO2. The van der Waals surface area contributed by atoms with Crippen molar-refractivity contribution in [1.82, 2.24) is 0 Å². The zero-order chi connectivity index (χ0) is 13.1. The first-order valence-corrected chi connectivity index (χ1v) is 6.17. The van der Waals surface area contributed by atoms with Crippen LogP contribution in [0.5, 0.6) is 5.75 Å². The molecule has 0 unspecified atom stereocenters. The Morgan fingerprint density at radius 2 is 1.94 bits per heavy atom. The second kappa shape index (κ2) is 5.50. The van der Waals surface area contributed by atoms with E-state index in [1.54, 1.807) is 18.2 Å². The van der Waals surface area contributed by atoms with Crippen molar-refractivity contribution in [3.8, 4) is 5.75 Å². The summed E-state index contributed by atoms with van der Waals surface area (Å²) in [6, 6.07) is 10.4. The lowest BCUT2D eigenvalue weighted by Crippen LogP contribution is -2.10. The molecule has 18 heavy (non-hydrogen) atoms. The molecule has 2 rings (SSSR count). The standard InChI is InChI=1S/C13H7BrClFO2/c14-8-5-6-12(10(15)7-8)18-13(17)9-3-1-2-4-11(9)16/h1-7H. The average molecular weight is 330 g/mol. The predicted molar refractivity (Wildman–Crippen MR) is 70.5 cm³/mol. The van der Waals surface area contributed by atoms with Crippen molar-refractivity contribution in [2.75, 3.05) is 0 Å². The van der Waals surface area contributed by atoms with E-state index in [9.17, 15) is 9.18 Å². The van der Waals surface area contributed by atoms with Gasteiger partial charge in [-0.05, 0) is 30.3 Å². The number of ether oxygens (including phenoxy) is 1. The van der Waals surface area contributed by atoms with Crippen LogP contribution in [0.3, 0.4) is 0 Å². The molecule has 0 N–H and O–H groups in total. The maximum atomic E-state index is 13.4. The molecule has 0 atom stereocenters. The highest BCUT2D eigenvalue weighted by Crippen LogP contribution is 2.28. The third kappa shape index (κ3) is 2.89. The molecule has 2 aromatic carbocycles. The van der Waals surface area contributed by atoms with Crippen LogP contribution in [0.1, 0.15) is 10.4 Å². The van der Waals surface area contributed by atoms with Crippen LogP contribution in [0.4, 0.5) is 4.39 Å². The normalized spacial score (nSPS) is 10.2. The van der Waals surface area contributed by atoms with Crippen LogP contribution in [0.2, 0.25) is 5.02 Å². The fraction of sp³-hybridized carbons (Fsp3) is 0. The van der Waals surface area contributed by atoms with E-state index in [4.69, 9.17) is 16.3 Å². The number of hydrogen-bond donors (Lipinski definition) is 0. The molecule has 5 heteroatoms. The topological polar surface area (TPSA) is 26.3 Å². The van der Waals surface area contributed by atoms with Crippen LogP contribution in [0.25, 0.3) is 0 Å². The summed E-state index contributed by atoms with van der Waals surface area (Å²) in [5, 5.41) is 0.272. The Hall–Kier alpha value is -1.39. The van der Waals surface area contributed by atoms with Gasteiger partial charge < -0.3 is 4.74 Å². The predicted octanol–water partition coefficient (Wildman–Crippen LogP) is 4.46. The highest BCUT2D eigenvalue weighted by molar-refractivity contribution is 9.10. The number of benzene rings is 2. The van der Waals surface area contributed by atoms with Gasteiger partial charge in [0.15, 0.2) is 0 Å². The van der Waals surface area contributed by atoms with Gasteiger partial charge in [-0.25, -0.2) is 9.18 Å². The van der Waals surface area contributed by atoms with E-state index >= 15 is 0 Å². The molecule has 0 spiro atoms. The first kappa shape index (κ1) is 13.1. The third-order valence-electron chi connectivity index (χ3n) is 2.19. The molecule has 0 saturated heterocycles. The minimum atomic E-state index is -0.780. The Morgan fingerprint density at radius 1 is 1.22 bits per heavy atom. The van der Waals surface area contributed by atoms with E-state index in [-0.39, 0.29) is 16.3 Å². The van der Waals surface area contributed by atoms with E-state index in [0.717, 1.165) is 4.47 Å². The zero-order valence-electron chi connectivity index (χ0n) is 8.99. The van der Waals surface area contributed by atoms with Crippen LogP contribution < -0.4 is 4.74 Å². The summed E-state index contributed by atoms with van der Waals surface area (Å²) in [5.74, 6) is -1.22. The lowest BCUT2D eigenvalue weighted by atomic mass is 10.2. The van der Waals surface area contributed by atoms with Crippen LogP contribution in [-0.4, -0.2) is 5.97 Å². The molecule has 0 bridgehead atoms. The summed E-state index contributed by atoms with van der Waals surface area (Å²) in [5.41, 5.74) is -0.128. The summed E-state index contributed by atoms with van der Waals surface area (Å²) < 4.78 is 19.2. The number of halogens is 3. The molecule has 2 nitrogen and oxygen atoms in total. The smallest absolute Gasteiger partial charge is 0.346 e.